The predicted molar refractivity (Wildman–Crippen MR) is 102 cm³/mol. The molecule has 0 saturated heterocycles. The third-order valence-electron chi connectivity index (χ3n) is 4.96. The van der Waals surface area contributed by atoms with E-state index >= 15 is 0 Å². The van der Waals surface area contributed by atoms with Gasteiger partial charge in [0.25, 0.3) is 0 Å². The monoisotopic (exact) mass is 367 g/mol. The molecule has 27 heavy (non-hydrogen) atoms. The number of rotatable bonds is 4. The van der Waals surface area contributed by atoms with E-state index in [2.05, 4.69) is 19.2 Å². The van der Waals surface area contributed by atoms with E-state index in [1.807, 2.05) is 42.5 Å². The molecule has 2 heterocycles. The summed E-state index contributed by atoms with van der Waals surface area (Å²) in [7, 11) is 0. The van der Waals surface area contributed by atoms with E-state index in [1.165, 1.54) is 0 Å². The Morgan fingerprint density at radius 1 is 1.07 bits per heavy atom. The number of carbonyl (C=O) groups excluding carboxylic acids is 1. The molecule has 0 saturated carbocycles. The normalized spacial score (nSPS) is 19.6. The number of amides is 1. The second-order valence-electron chi connectivity index (χ2n) is 7.70. The second kappa shape index (κ2) is 7.14. The Labute approximate surface area is 159 Å². The maximum absolute atomic E-state index is 12.6. The van der Waals surface area contributed by atoms with Crippen LogP contribution in [0.1, 0.15) is 43.9 Å². The zero-order valence-corrected chi connectivity index (χ0v) is 15.8. The van der Waals surface area contributed by atoms with Gasteiger partial charge in [-0.2, -0.15) is 0 Å². The summed E-state index contributed by atoms with van der Waals surface area (Å²) in [4.78, 5) is 12.6. The van der Waals surface area contributed by atoms with Crippen molar-refractivity contribution in [2.75, 3.05) is 13.2 Å². The van der Waals surface area contributed by atoms with Crippen LogP contribution in [0.25, 0.3) is 0 Å². The Hall–Kier alpha value is -2.69. The molecule has 2 aliphatic rings. The quantitative estimate of drug-likeness (QED) is 0.893. The van der Waals surface area contributed by atoms with Gasteiger partial charge in [-0.1, -0.05) is 24.3 Å². The fourth-order valence-corrected chi connectivity index (χ4v) is 3.70. The van der Waals surface area contributed by atoms with E-state index in [-0.39, 0.29) is 17.6 Å². The lowest BCUT2D eigenvalue weighted by Gasteiger charge is -2.37. The van der Waals surface area contributed by atoms with E-state index in [0.29, 0.717) is 26.1 Å². The Kier molecular flexibility index (Phi) is 4.68. The molecule has 2 aromatic rings. The SMILES string of the molecule is CC1(C)CC(NC(=O)CCc2ccc3c(c2)OCCO3)c2ccccc2O1. The van der Waals surface area contributed by atoms with Crippen LogP contribution in [0.4, 0.5) is 0 Å². The first-order valence-electron chi connectivity index (χ1n) is 9.46. The van der Waals surface area contributed by atoms with Crippen molar-refractivity contribution in [2.24, 2.45) is 0 Å². The molecule has 2 aromatic carbocycles. The van der Waals surface area contributed by atoms with Crippen LogP contribution in [0.15, 0.2) is 42.5 Å². The first-order valence-corrected chi connectivity index (χ1v) is 9.46. The van der Waals surface area contributed by atoms with E-state index in [1.54, 1.807) is 0 Å². The first kappa shape index (κ1) is 17.7. The van der Waals surface area contributed by atoms with Gasteiger partial charge in [-0.05, 0) is 44.0 Å². The van der Waals surface area contributed by atoms with Gasteiger partial charge >= 0.3 is 0 Å². The van der Waals surface area contributed by atoms with E-state index in [4.69, 9.17) is 14.2 Å². The molecule has 142 valence electrons. The Bertz CT molecular complexity index is 846. The van der Waals surface area contributed by atoms with Crippen LogP contribution in [-0.2, 0) is 11.2 Å². The van der Waals surface area contributed by atoms with Crippen LogP contribution in [0.3, 0.4) is 0 Å². The molecule has 0 bridgehead atoms. The third-order valence-corrected chi connectivity index (χ3v) is 4.96. The van der Waals surface area contributed by atoms with Crippen molar-refractivity contribution in [3.8, 4) is 17.2 Å². The van der Waals surface area contributed by atoms with Gasteiger partial charge in [-0.15, -0.1) is 0 Å². The van der Waals surface area contributed by atoms with Gasteiger partial charge in [0.05, 0.1) is 6.04 Å². The van der Waals surface area contributed by atoms with E-state index < -0.39 is 0 Å². The number of aryl methyl sites for hydroxylation is 1. The number of para-hydroxylation sites is 1. The number of ether oxygens (including phenoxy) is 3. The fourth-order valence-electron chi connectivity index (χ4n) is 3.70. The van der Waals surface area contributed by atoms with Crippen LogP contribution < -0.4 is 19.5 Å². The van der Waals surface area contributed by atoms with Gasteiger partial charge in [-0.3, -0.25) is 4.79 Å². The smallest absolute Gasteiger partial charge is 0.220 e. The molecule has 1 N–H and O–H groups in total. The molecule has 0 spiro atoms. The average molecular weight is 367 g/mol. The summed E-state index contributed by atoms with van der Waals surface area (Å²) in [6, 6.07) is 13.8. The number of carbonyl (C=O) groups is 1. The zero-order chi connectivity index (χ0) is 18.9. The minimum Gasteiger partial charge on any atom is -0.487 e. The second-order valence-corrected chi connectivity index (χ2v) is 7.70. The van der Waals surface area contributed by atoms with Crippen LogP contribution in [0, 0.1) is 0 Å². The van der Waals surface area contributed by atoms with Crippen LogP contribution in [-0.4, -0.2) is 24.7 Å². The van der Waals surface area contributed by atoms with Gasteiger partial charge < -0.3 is 19.5 Å². The standard InChI is InChI=1S/C22H25NO4/c1-22(2)14-17(16-5-3-4-6-18(16)27-22)23-21(24)10-8-15-7-9-19-20(13-15)26-12-11-25-19/h3-7,9,13,17H,8,10-12,14H2,1-2H3,(H,23,24). The van der Waals surface area contributed by atoms with Crippen molar-refractivity contribution in [1.29, 1.82) is 0 Å². The summed E-state index contributed by atoms with van der Waals surface area (Å²) in [6.45, 7) is 5.25. The summed E-state index contributed by atoms with van der Waals surface area (Å²) >= 11 is 0. The highest BCUT2D eigenvalue weighted by atomic mass is 16.6. The number of fused-ring (bicyclic) bond motifs is 2. The van der Waals surface area contributed by atoms with Gasteiger partial charge in [0.15, 0.2) is 11.5 Å². The summed E-state index contributed by atoms with van der Waals surface area (Å²) < 4.78 is 17.2. The molecule has 0 fully saturated rings. The van der Waals surface area contributed by atoms with Crippen molar-refractivity contribution < 1.29 is 19.0 Å². The maximum atomic E-state index is 12.6. The topological polar surface area (TPSA) is 56.8 Å². The lowest BCUT2D eigenvalue weighted by atomic mass is 9.89. The Morgan fingerprint density at radius 3 is 2.70 bits per heavy atom. The highest BCUT2D eigenvalue weighted by molar-refractivity contribution is 5.77. The summed E-state index contributed by atoms with van der Waals surface area (Å²) in [5, 5.41) is 3.19. The van der Waals surface area contributed by atoms with E-state index in [9.17, 15) is 4.79 Å². The fraction of sp³-hybridized carbons (Fsp3) is 0.409. The number of nitrogens with one attached hydrogen (secondary N) is 1. The average Bonchev–Trinajstić information content (AvgIpc) is 2.65. The predicted octanol–water partition coefficient (Wildman–Crippen LogP) is 3.81. The summed E-state index contributed by atoms with van der Waals surface area (Å²) in [5.74, 6) is 2.43. The summed E-state index contributed by atoms with van der Waals surface area (Å²) in [6.07, 6.45) is 1.84. The largest absolute Gasteiger partial charge is 0.487 e. The van der Waals surface area contributed by atoms with Gasteiger partial charge in [-0.25, -0.2) is 0 Å². The molecular weight excluding hydrogens is 342 g/mol. The molecule has 0 aliphatic carbocycles. The number of hydrogen-bond donors (Lipinski definition) is 1. The first-order chi connectivity index (χ1) is 13.0. The molecule has 4 rings (SSSR count). The molecule has 2 aliphatic heterocycles. The molecule has 0 radical (unpaired) electrons. The molecular formula is C22H25NO4. The number of benzene rings is 2. The van der Waals surface area contributed by atoms with Gasteiger partial charge in [0.2, 0.25) is 5.91 Å². The van der Waals surface area contributed by atoms with Crippen molar-refractivity contribution in [3.63, 3.8) is 0 Å². The Morgan fingerprint density at radius 2 is 1.85 bits per heavy atom. The number of hydrogen-bond acceptors (Lipinski definition) is 4. The lowest BCUT2D eigenvalue weighted by Crippen LogP contribution is -2.41. The molecule has 5 nitrogen and oxygen atoms in total. The molecule has 1 amide bonds. The summed E-state index contributed by atoms with van der Waals surface area (Å²) in [5.41, 5.74) is 1.81. The van der Waals surface area contributed by atoms with Crippen molar-refractivity contribution >= 4 is 5.91 Å². The van der Waals surface area contributed by atoms with Gasteiger partial charge in [0, 0.05) is 18.4 Å². The van der Waals surface area contributed by atoms with Crippen LogP contribution in [0.5, 0.6) is 17.2 Å². The van der Waals surface area contributed by atoms with Crippen LogP contribution >= 0.6 is 0 Å². The van der Waals surface area contributed by atoms with Crippen molar-refractivity contribution in [2.45, 2.75) is 44.8 Å². The van der Waals surface area contributed by atoms with Gasteiger partial charge in [0.1, 0.15) is 24.6 Å². The third kappa shape index (κ3) is 4.02. The highest BCUT2D eigenvalue weighted by Gasteiger charge is 2.34. The Balaban J connectivity index is 1.40. The molecule has 5 heteroatoms. The van der Waals surface area contributed by atoms with Crippen LogP contribution in [0.2, 0.25) is 0 Å². The van der Waals surface area contributed by atoms with Crippen molar-refractivity contribution in [3.05, 3.63) is 53.6 Å². The van der Waals surface area contributed by atoms with Crippen molar-refractivity contribution in [1.82, 2.24) is 5.32 Å². The molecule has 1 atom stereocenters. The van der Waals surface area contributed by atoms with E-state index in [0.717, 1.165) is 34.8 Å². The molecule has 0 aromatic heterocycles. The molecule has 1 unspecified atom stereocenters. The maximum Gasteiger partial charge on any atom is 0.220 e. The minimum atomic E-state index is -0.303. The highest BCUT2D eigenvalue weighted by Crippen LogP contribution is 2.39. The lowest BCUT2D eigenvalue weighted by molar-refractivity contribution is -0.122. The minimum absolute atomic E-state index is 0.0299. The zero-order valence-electron chi connectivity index (χ0n) is 15.8.